The minimum atomic E-state index is -0.154. The molecule has 1 amide bonds. The van der Waals surface area contributed by atoms with E-state index in [4.69, 9.17) is 0 Å². The van der Waals surface area contributed by atoms with Crippen molar-refractivity contribution in [3.8, 4) is 0 Å². The van der Waals surface area contributed by atoms with Crippen LogP contribution in [0.4, 0.5) is 0 Å². The van der Waals surface area contributed by atoms with Crippen LogP contribution in [-0.4, -0.2) is 35.2 Å². The molecule has 0 spiro atoms. The van der Waals surface area contributed by atoms with Gasteiger partial charge in [-0.05, 0) is 57.3 Å². The smallest absolute Gasteiger partial charge is 0.237 e. The van der Waals surface area contributed by atoms with E-state index < -0.39 is 0 Å². The van der Waals surface area contributed by atoms with Crippen molar-refractivity contribution in [2.45, 2.75) is 88.4 Å². The molecule has 2 aliphatic carbocycles. The number of hydrogen-bond donors (Lipinski definition) is 3. The number of amides is 1. The number of nitrogens with one attached hydrogen (secondary N) is 2. The van der Waals surface area contributed by atoms with Crippen molar-refractivity contribution in [2.24, 2.45) is 5.92 Å². The molecule has 0 radical (unpaired) electrons. The summed E-state index contributed by atoms with van der Waals surface area (Å²) in [6.45, 7) is 0. The van der Waals surface area contributed by atoms with Gasteiger partial charge in [0.25, 0.3) is 0 Å². The molecule has 3 N–H and O–H groups in total. The van der Waals surface area contributed by atoms with Crippen molar-refractivity contribution in [2.75, 3.05) is 0 Å². The van der Waals surface area contributed by atoms with Gasteiger partial charge in [-0.2, -0.15) is 0 Å². The van der Waals surface area contributed by atoms with Gasteiger partial charge in [0, 0.05) is 12.1 Å². The maximum absolute atomic E-state index is 12.4. The Labute approximate surface area is 121 Å². The Balaban J connectivity index is 1.47. The molecule has 4 heteroatoms. The van der Waals surface area contributed by atoms with Gasteiger partial charge in [-0.25, -0.2) is 0 Å². The number of rotatable bonds is 2. The van der Waals surface area contributed by atoms with E-state index in [2.05, 4.69) is 10.6 Å². The van der Waals surface area contributed by atoms with E-state index in [-0.39, 0.29) is 24.1 Å². The summed E-state index contributed by atoms with van der Waals surface area (Å²) in [5.74, 6) is 0.994. The lowest BCUT2D eigenvalue weighted by molar-refractivity contribution is -0.125. The lowest BCUT2D eigenvalue weighted by Crippen LogP contribution is -2.56. The maximum Gasteiger partial charge on any atom is 0.237 e. The number of carbonyl (C=O) groups is 1. The first kappa shape index (κ1) is 14.3. The van der Waals surface area contributed by atoms with E-state index in [9.17, 15) is 9.90 Å². The Kier molecular flexibility index (Phi) is 4.61. The van der Waals surface area contributed by atoms with Crippen LogP contribution in [0.3, 0.4) is 0 Å². The highest BCUT2D eigenvalue weighted by Gasteiger charge is 2.35. The third kappa shape index (κ3) is 3.34. The van der Waals surface area contributed by atoms with Gasteiger partial charge >= 0.3 is 0 Å². The fourth-order valence-electron chi connectivity index (χ4n) is 4.22. The van der Waals surface area contributed by atoms with Crippen LogP contribution in [0.5, 0.6) is 0 Å². The number of aliphatic hydroxyl groups is 1. The van der Waals surface area contributed by atoms with Crippen molar-refractivity contribution in [3.63, 3.8) is 0 Å². The third-order valence-corrected chi connectivity index (χ3v) is 5.51. The van der Waals surface area contributed by atoms with Crippen LogP contribution in [0.25, 0.3) is 0 Å². The molecule has 0 aromatic carbocycles. The molecule has 1 heterocycles. The van der Waals surface area contributed by atoms with Crippen molar-refractivity contribution in [3.05, 3.63) is 0 Å². The molecular weight excluding hydrogens is 252 g/mol. The molecule has 114 valence electrons. The second-order valence-electron chi connectivity index (χ2n) is 6.96. The fraction of sp³-hybridized carbons (Fsp3) is 0.938. The van der Waals surface area contributed by atoms with Gasteiger partial charge in [0.1, 0.15) is 0 Å². The molecule has 3 aliphatic rings. The van der Waals surface area contributed by atoms with Gasteiger partial charge in [-0.15, -0.1) is 0 Å². The van der Waals surface area contributed by atoms with Crippen LogP contribution in [0.15, 0.2) is 0 Å². The summed E-state index contributed by atoms with van der Waals surface area (Å²) < 4.78 is 0. The molecule has 3 fully saturated rings. The fourth-order valence-corrected chi connectivity index (χ4v) is 4.22. The number of fused-ring (bicyclic) bond motifs is 1. The maximum atomic E-state index is 12.4. The van der Waals surface area contributed by atoms with Crippen LogP contribution < -0.4 is 10.6 Å². The lowest BCUT2D eigenvalue weighted by Gasteiger charge is -2.40. The minimum Gasteiger partial charge on any atom is -0.393 e. The summed E-state index contributed by atoms with van der Waals surface area (Å²) in [5, 5.41) is 16.3. The number of piperidine rings is 1. The SMILES string of the molecule is O=C(NC1CCC(O)CC1)C1CCC2CCCCC2N1. The summed E-state index contributed by atoms with van der Waals surface area (Å²) in [5.41, 5.74) is 0. The predicted molar refractivity (Wildman–Crippen MR) is 78.3 cm³/mol. The van der Waals surface area contributed by atoms with Crippen LogP contribution in [0, 0.1) is 5.92 Å². The Bertz CT molecular complexity index is 339. The largest absolute Gasteiger partial charge is 0.393 e. The first-order chi connectivity index (χ1) is 9.72. The van der Waals surface area contributed by atoms with Gasteiger partial charge in [0.2, 0.25) is 5.91 Å². The Morgan fingerprint density at radius 1 is 0.950 bits per heavy atom. The highest BCUT2D eigenvalue weighted by molar-refractivity contribution is 5.82. The Morgan fingerprint density at radius 3 is 2.50 bits per heavy atom. The standard InChI is InChI=1S/C16H28N2O2/c19-13-8-6-12(7-9-13)17-16(20)15-10-5-11-3-1-2-4-14(11)18-15/h11-15,18-19H,1-10H2,(H,17,20). The highest BCUT2D eigenvalue weighted by Crippen LogP contribution is 2.32. The van der Waals surface area contributed by atoms with E-state index in [1.165, 1.54) is 32.1 Å². The number of carbonyl (C=O) groups excluding carboxylic acids is 1. The van der Waals surface area contributed by atoms with E-state index >= 15 is 0 Å². The molecule has 4 nitrogen and oxygen atoms in total. The average Bonchev–Trinajstić information content (AvgIpc) is 2.49. The summed E-state index contributed by atoms with van der Waals surface area (Å²) in [6, 6.07) is 0.861. The van der Waals surface area contributed by atoms with E-state index in [0.717, 1.165) is 38.0 Å². The monoisotopic (exact) mass is 280 g/mol. The average molecular weight is 280 g/mol. The molecular formula is C16H28N2O2. The van der Waals surface area contributed by atoms with Crippen LogP contribution >= 0.6 is 0 Å². The zero-order valence-corrected chi connectivity index (χ0v) is 12.3. The summed E-state index contributed by atoms with van der Waals surface area (Å²) in [6.07, 6.45) is 10.8. The molecule has 3 rings (SSSR count). The normalized spacial score (nSPS) is 41.8. The molecule has 3 unspecified atom stereocenters. The highest BCUT2D eigenvalue weighted by atomic mass is 16.3. The molecule has 0 aromatic heterocycles. The van der Waals surface area contributed by atoms with Crippen LogP contribution in [-0.2, 0) is 4.79 Å². The second-order valence-corrected chi connectivity index (χ2v) is 6.96. The van der Waals surface area contributed by atoms with Gasteiger partial charge < -0.3 is 15.7 Å². The summed E-state index contributed by atoms with van der Waals surface area (Å²) in [7, 11) is 0. The number of aliphatic hydroxyl groups excluding tert-OH is 1. The molecule has 1 saturated heterocycles. The molecule has 20 heavy (non-hydrogen) atoms. The third-order valence-electron chi connectivity index (χ3n) is 5.51. The first-order valence-electron chi connectivity index (χ1n) is 8.47. The molecule has 1 aliphatic heterocycles. The van der Waals surface area contributed by atoms with E-state index in [0.29, 0.717) is 6.04 Å². The van der Waals surface area contributed by atoms with Gasteiger partial charge in [0.15, 0.2) is 0 Å². The second kappa shape index (κ2) is 6.44. The minimum absolute atomic E-state index is 0.0150. The number of hydrogen-bond acceptors (Lipinski definition) is 3. The van der Waals surface area contributed by atoms with E-state index in [1.54, 1.807) is 0 Å². The zero-order chi connectivity index (χ0) is 13.9. The van der Waals surface area contributed by atoms with Crippen molar-refractivity contribution in [1.29, 1.82) is 0 Å². The van der Waals surface area contributed by atoms with Crippen molar-refractivity contribution >= 4 is 5.91 Å². The first-order valence-corrected chi connectivity index (χ1v) is 8.47. The van der Waals surface area contributed by atoms with Gasteiger partial charge in [-0.3, -0.25) is 4.79 Å². The van der Waals surface area contributed by atoms with Crippen molar-refractivity contribution in [1.82, 2.24) is 10.6 Å². The zero-order valence-electron chi connectivity index (χ0n) is 12.3. The van der Waals surface area contributed by atoms with Crippen LogP contribution in [0.2, 0.25) is 0 Å². The topological polar surface area (TPSA) is 61.4 Å². The molecule has 3 atom stereocenters. The molecule has 0 bridgehead atoms. The van der Waals surface area contributed by atoms with Crippen molar-refractivity contribution < 1.29 is 9.90 Å². The van der Waals surface area contributed by atoms with Gasteiger partial charge in [-0.1, -0.05) is 12.8 Å². The quantitative estimate of drug-likeness (QED) is 0.722. The lowest BCUT2D eigenvalue weighted by atomic mass is 9.77. The summed E-state index contributed by atoms with van der Waals surface area (Å²) in [4.78, 5) is 12.4. The summed E-state index contributed by atoms with van der Waals surface area (Å²) >= 11 is 0. The van der Waals surface area contributed by atoms with E-state index in [1.807, 2.05) is 0 Å². The molecule has 0 aromatic rings. The Hall–Kier alpha value is -0.610. The molecule has 2 saturated carbocycles. The van der Waals surface area contributed by atoms with Gasteiger partial charge in [0.05, 0.1) is 12.1 Å². The van der Waals surface area contributed by atoms with Crippen LogP contribution in [0.1, 0.15) is 64.2 Å². The Morgan fingerprint density at radius 2 is 1.70 bits per heavy atom. The predicted octanol–water partition coefficient (Wildman–Crippen LogP) is 1.72.